The van der Waals surface area contributed by atoms with Crippen LogP contribution in [0.3, 0.4) is 0 Å². The molecule has 0 spiro atoms. The molecule has 10 N–H and O–H groups in total. The molecule has 106 heavy (non-hydrogen) atoms. The number of primary amides is 1. The highest BCUT2D eigenvalue weighted by Crippen LogP contribution is 2.65. The van der Waals surface area contributed by atoms with Crippen LogP contribution in [-0.2, 0) is 63.5 Å². The van der Waals surface area contributed by atoms with Crippen LogP contribution in [0.4, 0.5) is 10.5 Å². The summed E-state index contributed by atoms with van der Waals surface area (Å²) in [7, 11) is 1.37. The van der Waals surface area contributed by atoms with Gasteiger partial charge in [-0.3, -0.25) is 24.0 Å². The maximum Gasteiger partial charge on any atom is 0.404 e. The van der Waals surface area contributed by atoms with E-state index in [0.717, 1.165) is 19.4 Å². The number of hydrogen-bond acceptors (Lipinski definition) is 25. The van der Waals surface area contributed by atoms with Gasteiger partial charge in [-0.15, -0.1) is 0 Å². The molecule has 5 aromatic carbocycles. The van der Waals surface area contributed by atoms with Gasteiger partial charge >= 0.3 is 35.6 Å². The summed E-state index contributed by atoms with van der Waals surface area (Å²) in [6, 6.07) is 30.1. The van der Waals surface area contributed by atoms with E-state index in [9.17, 15) is 69.0 Å². The van der Waals surface area contributed by atoms with Crippen LogP contribution in [0.25, 0.3) is 11.0 Å². The molecular formula is C78H87N3O25. The van der Waals surface area contributed by atoms with E-state index < -0.39 is 172 Å². The van der Waals surface area contributed by atoms with E-state index in [1.54, 1.807) is 113 Å². The van der Waals surface area contributed by atoms with Crippen LogP contribution in [-0.4, -0.2) is 170 Å². The molecule has 28 nitrogen and oxygen atoms in total. The average Bonchev–Trinajstić information content (AvgIpc) is 0.668. The number of anilines is 1. The van der Waals surface area contributed by atoms with Gasteiger partial charge in [0.1, 0.15) is 47.1 Å². The normalized spacial score (nSPS) is 27.3. The fourth-order valence-corrected chi connectivity index (χ4v) is 15.2. The Labute approximate surface area is 609 Å². The number of nitrogens with two attached hydrogens (primary N) is 1. The van der Waals surface area contributed by atoms with Crippen LogP contribution in [0.1, 0.15) is 136 Å². The van der Waals surface area contributed by atoms with Crippen LogP contribution in [0.2, 0.25) is 0 Å². The van der Waals surface area contributed by atoms with E-state index >= 15 is 4.79 Å². The monoisotopic (exact) mass is 1470 g/mol. The predicted octanol–water partition coefficient (Wildman–Crippen LogP) is 7.36. The molecule has 3 amide bonds. The molecule has 0 radical (unpaired) electrons. The van der Waals surface area contributed by atoms with Gasteiger partial charge in [-0.1, -0.05) is 92.2 Å². The van der Waals surface area contributed by atoms with Gasteiger partial charge in [0.25, 0.3) is 11.8 Å². The van der Waals surface area contributed by atoms with Gasteiger partial charge in [0.2, 0.25) is 6.29 Å². The van der Waals surface area contributed by atoms with Gasteiger partial charge in [-0.2, -0.15) is 0 Å². The first-order chi connectivity index (χ1) is 49.9. The topological polar surface area (TPSA) is 421 Å². The molecule has 3 aliphatic carbocycles. The molecule has 2 bridgehead atoms. The van der Waals surface area contributed by atoms with Crippen LogP contribution >= 0.6 is 0 Å². The third-order valence-corrected chi connectivity index (χ3v) is 20.8. The molecule has 2 saturated carbocycles. The van der Waals surface area contributed by atoms with Gasteiger partial charge in [0, 0.05) is 55.9 Å². The number of phenolic OH excluding ortho intramolecular Hbond substituents is 1. The predicted molar refractivity (Wildman–Crippen MR) is 377 cm³/mol. The third kappa shape index (κ3) is 14.9. The van der Waals surface area contributed by atoms with E-state index in [1.165, 1.54) is 63.4 Å². The molecule has 5 aliphatic rings. The number of Topliss-reactive ketones (excluding diaryl/α,β-unsaturated/α-hetero) is 1. The largest absolute Gasteiger partial charge is 0.508 e. The molecule has 28 heteroatoms. The van der Waals surface area contributed by atoms with Crippen LogP contribution in [0, 0.1) is 23.7 Å². The Kier molecular flexibility index (Phi) is 22.6. The van der Waals surface area contributed by atoms with Crippen molar-refractivity contribution in [3.8, 4) is 17.2 Å². The number of aliphatic hydroxyl groups excluding tert-OH is 3. The molecule has 15 atom stereocenters. The maximum absolute atomic E-state index is 15.5. The van der Waals surface area contributed by atoms with Crippen molar-refractivity contribution in [2.24, 2.45) is 22.5 Å². The standard InChI is InChI=1S/C47H51NO14.C31H36N2O11/c1-25-31(60-43(56)36(52)35(28-16-10-7-11-17-28)48-41(54)29-18-12-8-13-19-29)23-47(57)40(61-42(55)30-20-14-9-15-21-30)38-45(6,32(51)22-33-46(38,24-58-33)62-27(3)50)39(53)37(59-26(2)49)34(25)44(47,4)5;1-14(2)7-8-16-13-17(9-11-19(16)34)27(37)33-21-22(35)18-10-12-20(15(3)24(18)42-28(21)38)41-29-23(36)25(43-30(32)39)26(40-6)31(4,5)44-29/h7-21,31-33,35-38,40,51-52,57H,22-24H2,1-6H3,(H,48,54);7,9-13,23,25-26,29,34-36H,8H2,1-6H3,(H2,32,39)(H,33,37)/t31-,32-,33+,35-,36+,37+,38-,40-,45+,46-,47+;/m0./s1. The van der Waals surface area contributed by atoms with Crippen molar-refractivity contribution in [2.75, 3.05) is 19.0 Å². The minimum atomic E-state index is -2.39. The average molecular weight is 1470 g/mol. The summed E-state index contributed by atoms with van der Waals surface area (Å²) in [5.41, 5.74) is -2.48. The molecule has 1 aromatic heterocycles. The first-order valence-electron chi connectivity index (χ1n) is 34.2. The van der Waals surface area contributed by atoms with Crippen molar-refractivity contribution >= 4 is 64.2 Å². The van der Waals surface area contributed by atoms with Gasteiger partial charge in [-0.25, -0.2) is 19.2 Å². The van der Waals surface area contributed by atoms with Crippen molar-refractivity contribution in [2.45, 2.75) is 179 Å². The molecule has 4 fully saturated rings. The summed E-state index contributed by atoms with van der Waals surface area (Å²) >= 11 is 0. The number of allylic oxidation sites excluding steroid dienone is 2. The lowest BCUT2D eigenvalue weighted by molar-refractivity contribution is -0.346. The number of carbonyl (C=O) groups excluding carboxylic acids is 8. The molecule has 3 heterocycles. The van der Waals surface area contributed by atoms with Crippen LogP contribution in [0.5, 0.6) is 17.2 Å². The number of methoxy groups -OCH3 is 1. The Morgan fingerprint density at radius 1 is 0.755 bits per heavy atom. The molecule has 564 valence electrons. The zero-order valence-corrected chi connectivity index (χ0v) is 60.4. The molecule has 6 aromatic rings. The highest BCUT2D eigenvalue weighted by molar-refractivity contribution is 6.07. The molecular weight excluding hydrogens is 1380 g/mol. The van der Waals surface area contributed by atoms with Crippen molar-refractivity contribution in [1.82, 2.24) is 5.32 Å². The summed E-state index contributed by atoms with van der Waals surface area (Å²) in [5, 5.41) is 74.8. The second-order valence-electron chi connectivity index (χ2n) is 28.6. The second kappa shape index (κ2) is 30.6. The highest BCUT2D eigenvalue weighted by Gasteiger charge is 2.78. The van der Waals surface area contributed by atoms with Gasteiger partial charge < -0.3 is 94.1 Å². The van der Waals surface area contributed by atoms with Crippen molar-refractivity contribution in [1.29, 1.82) is 0 Å². The smallest absolute Gasteiger partial charge is 0.404 e. The van der Waals surface area contributed by atoms with Crippen LogP contribution < -0.4 is 26.7 Å². The number of amides is 3. The van der Waals surface area contributed by atoms with E-state index in [2.05, 4.69) is 10.6 Å². The Morgan fingerprint density at radius 2 is 1.39 bits per heavy atom. The van der Waals surface area contributed by atoms with Crippen molar-refractivity contribution < 1.29 is 116 Å². The Morgan fingerprint density at radius 3 is 1.97 bits per heavy atom. The first-order valence-corrected chi connectivity index (χ1v) is 34.2. The summed E-state index contributed by atoms with van der Waals surface area (Å²) in [5.74, 6) is -7.93. The Bertz CT molecular complexity index is 4510. The second-order valence-corrected chi connectivity index (χ2v) is 28.6. The van der Waals surface area contributed by atoms with Crippen molar-refractivity contribution in [3.63, 3.8) is 0 Å². The number of rotatable bonds is 18. The fraction of sp³-hybridized carbons (Fsp3) is 0.423. The quantitative estimate of drug-likeness (QED) is 0.0175. The SMILES string of the molecule is CC(=O)O[C@H]1C(=O)[C@@]2(C)[C@H]([C@H](OC(=O)c3ccccc3)[C@]3(O)C[C@H](OC(=O)[C@H](O)[C@@H](NC(=O)c4ccccc4)c4ccccc4)C(C)=C1C3(C)C)[C@]1(OC(C)=O)CO[C@@H]1C[C@@H]2O.COC1C(OC(N)=O)C(O)C(Oc2ccc3c(O)c(NC(=O)c4ccc(O)c(CC=C(C)C)c4)c(=O)oc3c2C)OC1(C)C. The lowest BCUT2D eigenvalue weighted by Crippen LogP contribution is -2.82. The zero-order valence-electron chi connectivity index (χ0n) is 60.4. The number of hydrogen-bond donors (Lipinski definition) is 9. The number of carbonyl (C=O) groups is 8. The highest BCUT2D eigenvalue weighted by atomic mass is 16.7. The lowest BCUT2D eigenvalue weighted by atomic mass is 9.44. The lowest BCUT2D eigenvalue weighted by Gasteiger charge is -2.67. The number of fused-ring (bicyclic) bond motifs is 6. The molecule has 4 unspecified atom stereocenters. The number of ether oxygens (including phenoxy) is 9. The number of nitrogens with one attached hydrogen (secondary N) is 2. The van der Waals surface area contributed by atoms with E-state index in [4.69, 9.17) is 52.8 Å². The first kappa shape index (κ1) is 78.3. The summed E-state index contributed by atoms with van der Waals surface area (Å²) in [4.78, 5) is 121. The number of aryl methyl sites for hydroxylation is 1. The van der Waals surface area contributed by atoms with Gasteiger partial charge in [0.15, 0.2) is 47.2 Å². The van der Waals surface area contributed by atoms with E-state index in [-0.39, 0.29) is 68.9 Å². The zero-order chi connectivity index (χ0) is 77.4. The minimum Gasteiger partial charge on any atom is -0.508 e. The Hall–Kier alpha value is -10.3. The molecule has 2 aliphatic heterocycles. The molecule has 11 rings (SSSR count). The number of esters is 4. The summed E-state index contributed by atoms with van der Waals surface area (Å²) in [6.07, 6.45) is -14.3. The fourth-order valence-electron chi connectivity index (χ4n) is 15.2. The third-order valence-electron chi connectivity index (χ3n) is 20.8. The molecule has 2 saturated heterocycles. The minimum absolute atomic E-state index is 0.00289. The number of ketones is 1. The van der Waals surface area contributed by atoms with Crippen LogP contribution in [0.15, 0.2) is 153 Å². The van der Waals surface area contributed by atoms with Gasteiger partial charge in [0.05, 0.1) is 46.6 Å². The van der Waals surface area contributed by atoms with E-state index in [1.807, 2.05) is 19.9 Å². The number of benzene rings is 5. The number of aliphatic hydroxyl groups is 4. The number of phenols is 1. The van der Waals surface area contributed by atoms with Crippen molar-refractivity contribution in [3.05, 3.63) is 188 Å². The van der Waals surface area contributed by atoms with E-state index in [0.29, 0.717) is 17.5 Å². The summed E-state index contributed by atoms with van der Waals surface area (Å²) in [6.45, 7) is 16.7. The summed E-state index contributed by atoms with van der Waals surface area (Å²) < 4.78 is 58.1. The van der Waals surface area contributed by atoms with Gasteiger partial charge in [-0.05, 0) is 132 Å². The number of aromatic hydroxyl groups is 2. The Balaban J connectivity index is 0.000000241. The maximum atomic E-state index is 15.5.